The van der Waals surface area contributed by atoms with E-state index in [0.717, 1.165) is 11.3 Å². The summed E-state index contributed by atoms with van der Waals surface area (Å²) in [5.41, 5.74) is 1.35. The maximum Gasteiger partial charge on any atom is 0.341 e. The molecule has 154 valence electrons. The lowest BCUT2D eigenvalue weighted by atomic mass is 10.0. The number of esters is 1. The zero-order valence-electron chi connectivity index (χ0n) is 15.9. The van der Waals surface area contributed by atoms with Gasteiger partial charge < -0.3 is 10.1 Å². The fraction of sp³-hybridized carbons (Fsp3) is 0.143. The van der Waals surface area contributed by atoms with Crippen molar-refractivity contribution in [1.29, 1.82) is 0 Å². The summed E-state index contributed by atoms with van der Waals surface area (Å²) >= 11 is 1.12. The molecule has 0 saturated heterocycles. The van der Waals surface area contributed by atoms with Gasteiger partial charge in [0.15, 0.2) is 0 Å². The van der Waals surface area contributed by atoms with Crippen LogP contribution >= 0.6 is 11.3 Å². The number of carbonyl (C=O) groups excluding carboxylic acids is 2. The predicted octanol–water partition coefficient (Wildman–Crippen LogP) is 4.82. The van der Waals surface area contributed by atoms with Crippen LogP contribution in [0.25, 0.3) is 11.1 Å². The number of hydrogen-bond donors (Lipinski definition) is 1. The van der Waals surface area contributed by atoms with Crippen LogP contribution in [-0.4, -0.2) is 23.4 Å². The van der Waals surface area contributed by atoms with Gasteiger partial charge in [0, 0.05) is 22.6 Å². The van der Waals surface area contributed by atoms with Crippen molar-refractivity contribution in [3.63, 3.8) is 0 Å². The molecule has 0 fully saturated rings. The molecule has 7 nitrogen and oxygen atoms in total. The monoisotopic (exact) mass is 428 g/mol. The maximum absolute atomic E-state index is 13.3. The highest BCUT2D eigenvalue weighted by Crippen LogP contribution is 2.36. The Morgan fingerprint density at radius 2 is 1.87 bits per heavy atom. The van der Waals surface area contributed by atoms with Crippen LogP contribution in [0.4, 0.5) is 15.1 Å². The molecule has 3 rings (SSSR count). The smallest absolute Gasteiger partial charge is 0.341 e. The number of anilines is 1. The molecular formula is C21H17FN2O5S. The van der Waals surface area contributed by atoms with Crippen molar-refractivity contribution < 1.29 is 23.6 Å². The van der Waals surface area contributed by atoms with Gasteiger partial charge in [-0.3, -0.25) is 14.9 Å². The van der Waals surface area contributed by atoms with Crippen LogP contribution in [0.5, 0.6) is 0 Å². The fourth-order valence-corrected chi connectivity index (χ4v) is 3.85. The van der Waals surface area contributed by atoms with E-state index in [4.69, 9.17) is 4.74 Å². The molecule has 0 saturated carbocycles. The Balaban J connectivity index is 1.90. The number of rotatable bonds is 7. The van der Waals surface area contributed by atoms with Crippen molar-refractivity contribution in [2.75, 3.05) is 11.9 Å². The van der Waals surface area contributed by atoms with Crippen molar-refractivity contribution in [2.24, 2.45) is 0 Å². The third-order valence-corrected chi connectivity index (χ3v) is 5.11. The van der Waals surface area contributed by atoms with Crippen LogP contribution in [0, 0.1) is 15.9 Å². The Morgan fingerprint density at radius 1 is 1.17 bits per heavy atom. The summed E-state index contributed by atoms with van der Waals surface area (Å²) < 4.78 is 18.4. The number of hydrogen-bond acceptors (Lipinski definition) is 6. The van der Waals surface area contributed by atoms with Gasteiger partial charge in [-0.25, -0.2) is 9.18 Å². The summed E-state index contributed by atoms with van der Waals surface area (Å²) in [6.07, 6.45) is -0.233. The maximum atomic E-state index is 13.3. The van der Waals surface area contributed by atoms with Crippen molar-refractivity contribution >= 4 is 33.9 Å². The molecule has 0 bridgehead atoms. The first-order valence-electron chi connectivity index (χ1n) is 8.97. The summed E-state index contributed by atoms with van der Waals surface area (Å²) in [7, 11) is 0. The van der Waals surface area contributed by atoms with E-state index in [-0.39, 0.29) is 34.8 Å². The third-order valence-electron chi connectivity index (χ3n) is 4.22. The van der Waals surface area contributed by atoms with Crippen LogP contribution in [0.15, 0.2) is 53.9 Å². The quantitative estimate of drug-likeness (QED) is 0.330. The molecule has 0 aliphatic heterocycles. The van der Waals surface area contributed by atoms with Crippen molar-refractivity contribution in [1.82, 2.24) is 0 Å². The first-order chi connectivity index (χ1) is 14.4. The number of para-hydroxylation sites is 1. The molecule has 9 heteroatoms. The molecule has 0 spiro atoms. The largest absolute Gasteiger partial charge is 0.462 e. The Bertz CT molecular complexity index is 1100. The Hall–Kier alpha value is -3.59. The fourth-order valence-electron chi connectivity index (χ4n) is 2.88. The first-order valence-corrected chi connectivity index (χ1v) is 9.85. The number of benzene rings is 2. The first kappa shape index (κ1) is 21.1. The summed E-state index contributed by atoms with van der Waals surface area (Å²) in [6.45, 7) is 1.80. The molecule has 30 heavy (non-hydrogen) atoms. The van der Waals surface area contributed by atoms with E-state index in [1.54, 1.807) is 18.4 Å². The topological polar surface area (TPSA) is 98.5 Å². The summed E-state index contributed by atoms with van der Waals surface area (Å²) in [4.78, 5) is 35.7. The number of nitro groups is 1. The van der Waals surface area contributed by atoms with Gasteiger partial charge in [0.05, 0.1) is 18.0 Å². The summed E-state index contributed by atoms with van der Waals surface area (Å²) in [5, 5.41) is 15.7. The number of carbonyl (C=O) groups is 2. The Morgan fingerprint density at radius 3 is 2.53 bits per heavy atom. The highest BCUT2D eigenvalue weighted by Gasteiger charge is 2.24. The minimum atomic E-state index is -0.626. The molecule has 3 aromatic rings. The standard InChI is InChI=1S/C21H17FN2O5S/c1-2-29-21(26)19-16(13-7-9-15(22)10-8-13)12-30-20(19)23-18(25)11-14-5-3-4-6-17(14)24(27)28/h3-10,12H,2,11H2,1H3,(H,23,25). The predicted molar refractivity (Wildman–Crippen MR) is 111 cm³/mol. The SMILES string of the molecule is CCOC(=O)c1c(-c2ccc(F)cc2)csc1NC(=O)Cc1ccccc1[N+](=O)[O-]. The minimum Gasteiger partial charge on any atom is -0.462 e. The average Bonchev–Trinajstić information content (AvgIpc) is 3.12. The van der Waals surface area contributed by atoms with Gasteiger partial charge in [-0.2, -0.15) is 0 Å². The van der Waals surface area contributed by atoms with Gasteiger partial charge >= 0.3 is 5.97 Å². The zero-order valence-corrected chi connectivity index (χ0v) is 16.7. The molecular weight excluding hydrogens is 411 g/mol. The van der Waals surface area contributed by atoms with Crippen LogP contribution in [0.1, 0.15) is 22.8 Å². The van der Waals surface area contributed by atoms with Gasteiger partial charge in [0.2, 0.25) is 5.91 Å². The highest BCUT2D eigenvalue weighted by atomic mass is 32.1. The lowest BCUT2D eigenvalue weighted by Gasteiger charge is -2.09. The molecule has 0 aliphatic carbocycles. The molecule has 2 aromatic carbocycles. The average molecular weight is 428 g/mol. The molecule has 1 amide bonds. The van der Waals surface area contributed by atoms with E-state index in [2.05, 4.69) is 5.32 Å². The third kappa shape index (κ3) is 4.69. The molecule has 0 radical (unpaired) electrons. The van der Waals surface area contributed by atoms with E-state index in [1.165, 1.54) is 42.5 Å². The number of thiophene rings is 1. The molecule has 0 unspecified atom stereocenters. The van der Waals surface area contributed by atoms with E-state index in [9.17, 15) is 24.1 Å². The summed E-state index contributed by atoms with van der Waals surface area (Å²) in [5.74, 6) is -1.55. The lowest BCUT2D eigenvalue weighted by Crippen LogP contribution is -2.17. The Labute approximate surface area is 175 Å². The lowest BCUT2D eigenvalue weighted by molar-refractivity contribution is -0.385. The number of nitrogens with one attached hydrogen (secondary N) is 1. The van der Waals surface area contributed by atoms with Crippen molar-refractivity contribution in [2.45, 2.75) is 13.3 Å². The van der Waals surface area contributed by atoms with Crippen LogP contribution < -0.4 is 5.32 Å². The number of nitro benzene ring substituents is 1. The second-order valence-corrected chi connectivity index (χ2v) is 7.07. The molecule has 0 atom stereocenters. The molecule has 1 heterocycles. The molecule has 0 aliphatic rings. The van der Waals surface area contributed by atoms with Crippen LogP contribution in [0.2, 0.25) is 0 Å². The Kier molecular flexibility index (Phi) is 6.53. The van der Waals surface area contributed by atoms with Crippen molar-refractivity contribution in [3.05, 3.63) is 81.0 Å². The number of halogens is 1. The van der Waals surface area contributed by atoms with E-state index in [1.807, 2.05) is 0 Å². The van der Waals surface area contributed by atoms with Gasteiger partial charge in [-0.1, -0.05) is 30.3 Å². The summed E-state index contributed by atoms with van der Waals surface area (Å²) in [6, 6.07) is 11.6. The minimum absolute atomic E-state index is 0.140. The zero-order chi connectivity index (χ0) is 21.7. The van der Waals surface area contributed by atoms with Crippen molar-refractivity contribution in [3.8, 4) is 11.1 Å². The van der Waals surface area contributed by atoms with Gasteiger partial charge in [-0.15, -0.1) is 11.3 Å². The second-order valence-electron chi connectivity index (χ2n) is 6.19. The normalized spacial score (nSPS) is 10.5. The molecule has 1 aromatic heterocycles. The number of ether oxygens (including phenoxy) is 1. The van der Waals surface area contributed by atoms with Gasteiger partial charge in [0.25, 0.3) is 5.69 Å². The molecule has 1 N–H and O–H groups in total. The number of nitrogens with zero attached hydrogens (tertiary/aromatic N) is 1. The van der Waals surface area contributed by atoms with E-state index < -0.39 is 22.6 Å². The van der Waals surface area contributed by atoms with Gasteiger partial charge in [-0.05, 0) is 24.6 Å². The van der Waals surface area contributed by atoms with Gasteiger partial charge in [0.1, 0.15) is 16.4 Å². The number of amides is 1. The highest BCUT2D eigenvalue weighted by molar-refractivity contribution is 7.15. The van der Waals surface area contributed by atoms with E-state index in [0.29, 0.717) is 11.1 Å². The van der Waals surface area contributed by atoms with E-state index >= 15 is 0 Å². The van der Waals surface area contributed by atoms with Crippen LogP contribution in [0.3, 0.4) is 0 Å². The second kappa shape index (κ2) is 9.27. The van der Waals surface area contributed by atoms with Crippen LogP contribution in [-0.2, 0) is 16.0 Å².